The quantitative estimate of drug-likeness (QED) is 0.677. The van der Waals surface area contributed by atoms with Crippen LogP contribution in [0.1, 0.15) is 36.6 Å². The second kappa shape index (κ2) is 6.79. The second-order valence-electron chi connectivity index (χ2n) is 4.92. The van der Waals surface area contributed by atoms with Crippen LogP contribution in [0.4, 0.5) is 0 Å². The van der Waals surface area contributed by atoms with E-state index in [4.69, 9.17) is 4.74 Å². The van der Waals surface area contributed by atoms with Crippen LogP contribution < -0.4 is 4.74 Å². The van der Waals surface area contributed by atoms with Gasteiger partial charge in [0.2, 0.25) is 0 Å². The molecule has 0 aliphatic carbocycles. The molecule has 3 nitrogen and oxygen atoms in total. The molecule has 1 aromatic carbocycles. The van der Waals surface area contributed by atoms with Crippen molar-refractivity contribution in [2.75, 3.05) is 12.4 Å². The number of hydrogen-bond donors (Lipinski definition) is 0. The summed E-state index contributed by atoms with van der Waals surface area (Å²) in [6, 6.07) is 5.73. The van der Waals surface area contributed by atoms with E-state index in [2.05, 4.69) is 31.9 Å². The van der Waals surface area contributed by atoms with E-state index in [0.717, 1.165) is 28.6 Å². The van der Waals surface area contributed by atoms with Gasteiger partial charge in [0.25, 0.3) is 0 Å². The second-order valence-corrected chi connectivity index (χ2v) is 9.16. The minimum Gasteiger partial charge on any atom is -0.494 e. The molecule has 0 aromatic heterocycles. The summed E-state index contributed by atoms with van der Waals surface area (Å²) in [6.45, 7) is 2.48. The molecule has 6 heteroatoms. The molecule has 2 unspecified atom stereocenters. The normalized spacial score (nSPS) is 23.2. The van der Waals surface area contributed by atoms with Crippen molar-refractivity contribution in [1.82, 2.24) is 0 Å². The number of hydrogen-bond acceptors (Lipinski definition) is 3. The van der Waals surface area contributed by atoms with Crippen LogP contribution in [-0.2, 0) is 9.84 Å². The van der Waals surface area contributed by atoms with Crippen molar-refractivity contribution in [2.45, 2.75) is 36.3 Å². The highest BCUT2D eigenvalue weighted by molar-refractivity contribution is 9.10. The Balaban J connectivity index is 2.36. The van der Waals surface area contributed by atoms with Crippen LogP contribution in [0, 0.1) is 0 Å². The van der Waals surface area contributed by atoms with Gasteiger partial charge in [-0.2, -0.15) is 0 Å². The third kappa shape index (κ3) is 3.57. The van der Waals surface area contributed by atoms with Gasteiger partial charge in [0.15, 0.2) is 9.84 Å². The Morgan fingerprint density at radius 2 is 2.15 bits per heavy atom. The van der Waals surface area contributed by atoms with Crippen LogP contribution in [0.15, 0.2) is 22.7 Å². The van der Waals surface area contributed by atoms with Crippen molar-refractivity contribution >= 4 is 41.7 Å². The first-order chi connectivity index (χ1) is 9.45. The largest absolute Gasteiger partial charge is 0.494 e. The Bertz CT molecular complexity index is 572. The van der Waals surface area contributed by atoms with Gasteiger partial charge in [-0.25, -0.2) is 8.42 Å². The van der Waals surface area contributed by atoms with E-state index in [1.807, 2.05) is 25.1 Å². The summed E-state index contributed by atoms with van der Waals surface area (Å²) in [4.78, 5) is -0.230. The predicted octanol–water partition coefficient (Wildman–Crippen LogP) is 4.25. The van der Waals surface area contributed by atoms with E-state index in [1.54, 1.807) is 0 Å². The fourth-order valence-corrected chi connectivity index (χ4v) is 6.46. The Morgan fingerprint density at radius 1 is 1.40 bits per heavy atom. The Morgan fingerprint density at radius 3 is 2.80 bits per heavy atom. The van der Waals surface area contributed by atoms with Gasteiger partial charge in [-0.1, -0.05) is 38.3 Å². The fourth-order valence-electron chi connectivity index (χ4n) is 2.53. The molecule has 2 rings (SSSR count). The van der Waals surface area contributed by atoms with Gasteiger partial charge in [0.1, 0.15) is 5.75 Å². The van der Waals surface area contributed by atoms with E-state index in [1.165, 1.54) is 0 Å². The highest BCUT2D eigenvalue weighted by Crippen LogP contribution is 2.41. The molecular formula is C14H18Br2O3S. The van der Waals surface area contributed by atoms with Crippen molar-refractivity contribution in [3.63, 3.8) is 0 Å². The van der Waals surface area contributed by atoms with Gasteiger partial charge < -0.3 is 4.74 Å². The van der Waals surface area contributed by atoms with Gasteiger partial charge in [-0.15, -0.1) is 0 Å². The first-order valence-corrected chi connectivity index (χ1v) is 10.2. The van der Waals surface area contributed by atoms with Crippen molar-refractivity contribution in [3.05, 3.63) is 28.2 Å². The molecule has 0 bridgehead atoms. The van der Waals surface area contributed by atoms with Gasteiger partial charge in [0, 0.05) is 10.0 Å². The zero-order chi connectivity index (χ0) is 14.8. The van der Waals surface area contributed by atoms with Crippen LogP contribution in [0.5, 0.6) is 5.75 Å². The van der Waals surface area contributed by atoms with Crippen LogP contribution in [0.2, 0.25) is 0 Å². The lowest BCUT2D eigenvalue weighted by Gasteiger charge is -2.27. The van der Waals surface area contributed by atoms with Crippen LogP contribution in [0.25, 0.3) is 0 Å². The molecule has 0 spiro atoms. The number of benzene rings is 1. The lowest BCUT2D eigenvalue weighted by atomic mass is 10.0. The van der Waals surface area contributed by atoms with Crippen LogP contribution in [0.3, 0.4) is 0 Å². The van der Waals surface area contributed by atoms with E-state index < -0.39 is 9.84 Å². The molecule has 1 aliphatic heterocycles. The van der Waals surface area contributed by atoms with Gasteiger partial charge in [0.05, 0.1) is 22.4 Å². The standard InChI is InChI=1S/C14H18Br2O3S/c1-2-19-12-7-6-10(15)9-11(12)14(16)13-5-3-4-8-20(13,17)18/h6-7,9,13-14H,2-5,8H2,1H3. The summed E-state index contributed by atoms with van der Waals surface area (Å²) >= 11 is 7.04. The Kier molecular flexibility index (Phi) is 5.54. The summed E-state index contributed by atoms with van der Waals surface area (Å²) in [5.74, 6) is 1.04. The maximum Gasteiger partial charge on any atom is 0.154 e. The smallest absolute Gasteiger partial charge is 0.154 e. The molecule has 0 N–H and O–H groups in total. The average Bonchev–Trinajstić information content (AvgIpc) is 2.40. The summed E-state index contributed by atoms with van der Waals surface area (Å²) in [7, 11) is -3.03. The molecule has 0 amide bonds. The van der Waals surface area contributed by atoms with Crippen LogP contribution in [-0.4, -0.2) is 26.0 Å². The molecule has 1 saturated heterocycles. The lowest BCUT2D eigenvalue weighted by molar-refractivity contribution is 0.336. The van der Waals surface area contributed by atoms with Gasteiger partial charge in [-0.05, 0) is 38.0 Å². The third-order valence-electron chi connectivity index (χ3n) is 3.52. The third-order valence-corrected chi connectivity index (χ3v) is 7.79. The van der Waals surface area contributed by atoms with Crippen molar-refractivity contribution in [1.29, 1.82) is 0 Å². The SMILES string of the molecule is CCOc1ccc(Br)cc1C(Br)C1CCCCS1(=O)=O. The first-order valence-electron chi connectivity index (χ1n) is 6.73. The van der Waals surface area contributed by atoms with E-state index in [0.29, 0.717) is 13.0 Å². The number of alkyl halides is 1. The summed E-state index contributed by atoms with van der Waals surface area (Å²) in [5, 5.41) is -0.371. The summed E-state index contributed by atoms with van der Waals surface area (Å²) < 4.78 is 31.1. The predicted molar refractivity (Wildman–Crippen MR) is 88.4 cm³/mol. The monoisotopic (exact) mass is 424 g/mol. The highest BCUT2D eigenvalue weighted by atomic mass is 79.9. The number of ether oxygens (including phenoxy) is 1. The topological polar surface area (TPSA) is 43.4 Å². The minimum absolute atomic E-state index is 0.230. The molecule has 0 radical (unpaired) electrons. The number of sulfone groups is 1. The van der Waals surface area contributed by atoms with Gasteiger partial charge >= 0.3 is 0 Å². The van der Waals surface area contributed by atoms with E-state index in [-0.39, 0.29) is 15.8 Å². The molecule has 1 aliphatic rings. The highest BCUT2D eigenvalue weighted by Gasteiger charge is 2.36. The average molecular weight is 426 g/mol. The number of halogens is 2. The summed E-state index contributed by atoms with van der Waals surface area (Å²) in [6.07, 6.45) is 2.44. The molecule has 20 heavy (non-hydrogen) atoms. The zero-order valence-electron chi connectivity index (χ0n) is 11.3. The molecule has 1 aromatic rings. The van der Waals surface area contributed by atoms with Crippen LogP contribution >= 0.6 is 31.9 Å². The molecular weight excluding hydrogens is 408 g/mol. The minimum atomic E-state index is -3.03. The molecule has 0 saturated carbocycles. The maximum atomic E-state index is 12.3. The Labute approximate surface area is 137 Å². The zero-order valence-corrected chi connectivity index (χ0v) is 15.3. The lowest BCUT2D eigenvalue weighted by Crippen LogP contribution is -2.31. The fraction of sp³-hybridized carbons (Fsp3) is 0.571. The van der Waals surface area contributed by atoms with Crippen molar-refractivity contribution in [2.24, 2.45) is 0 Å². The van der Waals surface area contributed by atoms with E-state index in [9.17, 15) is 8.42 Å². The van der Waals surface area contributed by atoms with Crippen molar-refractivity contribution in [3.8, 4) is 5.75 Å². The first kappa shape index (κ1) is 16.3. The molecule has 1 heterocycles. The number of rotatable bonds is 4. The summed E-state index contributed by atoms with van der Waals surface area (Å²) in [5.41, 5.74) is 0.900. The van der Waals surface area contributed by atoms with Gasteiger partial charge in [-0.3, -0.25) is 0 Å². The molecule has 112 valence electrons. The maximum absolute atomic E-state index is 12.3. The van der Waals surface area contributed by atoms with E-state index >= 15 is 0 Å². The Hall–Kier alpha value is -0.0700. The van der Waals surface area contributed by atoms with Crippen molar-refractivity contribution < 1.29 is 13.2 Å². The molecule has 1 fully saturated rings. The molecule has 2 atom stereocenters.